The third-order valence-corrected chi connectivity index (χ3v) is 4.97. The van der Waals surface area contributed by atoms with Gasteiger partial charge in [0.2, 0.25) is 5.91 Å². The molecule has 3 aromatic carbocycles. The lowest BCUT2D eigenvalue weighted by Crippen LogP contribution is -2.19. The van der Waals surface area contributed by atoms with E-state index in [4.69, 9.17) is 4.42 Å². The van der Waals surface area contributed by atoms with Gasteiger partial charge in [0.25, 0.3) is 5.22 Å². The van der Waals surface area contributed by atoms with Crippen LogP contribution in [-0.4, -0.2) is 10.9 Å². The highest BCUT2D eigenvalue weighted by Gasteiger charge is 2.24. The number of hydrogen-bond donors (Lipinski definition) is 1. The van der Waals surface area contributed by atoms with E-state index < -0.39 is 5.25 Å². The Morgan fingerprint density at radius 2 is 1.54 bits per heavy atom. The molecule has 4 nitrogen and oxygen atoms in total. The molecule has 0 radical (unpaired) electrons. The first-order valence-electron chi connectivity index (χ1n) is 8.23. The van der Waals surface area contributed by atoms with Crippen molar-refractivity contribution in [2.45, 2.75) is 10.5 Å². The quantitative estimate of drug-likeness (QED) is 0.491. The van der Waals surface area contributed by atoms with Crippen LogP contribution in [0, 0.1) is 0 Å². The zero-order valence-corrected chi connectivity index (χ0v) is 14.6. The van der Waals surface area contributed by atoms with Crippen LogP contribution in [0.4, 0.5) is 5.69 Å². The molecule has 0 aliphatic heterocycles. The summed E-state index contributed by atoms with van der Waals surface area (Å²) in [7, 11) is 0. The van der Waals surface area contributed by atoms with Crippen molar-refractivity contribution in [2.24, 2.45) is 0 Å². The van der Waals surface area contributed by atoms with Gasteiger partial charge in [0.15, 0.2) is 5.58 Å². The Morgan fingerprint density at radius 3 is 2.27 bits per heavy atom. The second-order valence-corrected chi connectivity index (χ2v) is 6.77. The molecule has 0 bridgehead atoms. The van der Waals surface area contributed by atoms with Crippen LogP contribution in [0.15, 0.2) is 94.6 Å². The van der Waals surface area contributed by atoms with E-state index in [-0.39, 0.29) is 5.91 Å². The van der Waals surface area contributed by atoms with Crippen molar-refractivity contribution in [1.82, 2.24) is 4.98 Å². The van der Waals surface area contributed by atoms with E-state index in [0.29, 0.717) is 10.8 Å². The minimum absolute atomic E-state index is 0.116. The Bertz CT molecular complexity index is 983. The molecular weight excluding hydrogens is 344 g/mol. The second-order valence-electron chi connectivity index (χ2n) is 5.71. The zero-order valence-electron chi connectivity index (χ0n) is 13.8. The summed E-state index contributed by atoms with van der Waals surface area (Å²) < 4.78 is 5.79. The zero-order chi connectivity index (χ0) is 17.8. The summed E-state index contributed by atoms with van der Waals surface area (Å²) in [4.78, 5) is 17.4. The Labute approximate surface area is 155 Å². The number of nitrogens with zero attached hydrogens (tertiary/aromatic N) is 1. The molecule has 128 valence electrons. The topological polar surface area (TPSA) is 55.1 Å². The van der Waals surface area contributed by atoms with Crippen LogP contribution in [0.1, 0.15) is 10.8 Å². The van der Waals surface area contributed by atoms with Crippen LogP contribution in [0.2, 0.25) is 0 Å². The van der Waals surface area contributed by atoms with Crippen LogP contribution < -0.4 is 5.32 Å². The molecule has 0 saturated heterocycles. The summed E-state index contributed by atoms with van der Waals surface area (Å²) in [6.45, 7) is 0. The van der Waals surface area contributed by atoms with E-state index in [9.17, 15) is 4.79 Å². The maximum atomic E-state index is 12.9. The van der Waals surface area contributed by atoms with Crippen molar-refractivity contribution < 1.29 is 9.21 Å². The highest BCUT2D eigenvalue weighted by Crippen LogP contribution is 2.37. The van der Waals surface area contributed by atoms with Crippen molar-refractivity contribution in [1.29, 1.82) is 0 Å². The van der Waals surface area contributed by atoms with Crippen molar-refractivity contribution in [3.8, 4) is 0 Å². The van der Waals surface area contributed by atoms with E-state index in [1.165, 1.54) is 11.8 Å². The second kappa shape index (κ2) is 7.45. The number of nitrogens with one attached hydrogen (secondary N) is 1. The van der Waals surface area contributed by atoms with Crippen LogP contribution in [-0.2, 0) is 4.79 Å². The molecule has 0 saturated carbocycles. The molecule has 0 fully saturated rings. The molecule has 5 heteroatoms. The molecule has 4 aromatic rings. The Kier molecular flexibility index (Phi) is 4.71. The summed E-state index contributed by atoms with van der Waals surface area (Å²) in [5.74, 6) is -0.116. The molecule has 26 heavy (non-hydrogen) atoms. The van der Waals surface area contributed by atoms with Crippen molar-refractivity contribution in [2.75, 3.05) is 5.32 Å². The number of amides is 1. The normalized spacial score (nSPS) is 12.0. The third kappa shape index (κ3) is 3.63. The Balaban J connectivity index is 1.63. The van der Waals surface area contributed by atoms with E-state index in [0.717, 1.165) is 16.8 Å². The summed E-state index contributed by atoms with van der Waals surface area (Å²) in [6.07, 6.45) is 0. The van der Waals surface area contributed by atoms with Crippen LogP contribution in [0.3, 0.4) is 0 Å². The number of carbonyl (C=O) groups excluding carboxylic acids is 1. The highest BCUT2D eigenvalue weighted by molar-refractivity contribution is 8.00. The van der Waals surface area contributed by atoms with E-state index in [1.54, 1.807) is 0 Å². The lowest BCUT2D eigenvalue weighted by Gasteiger charge is -2.15. The average molecular weight is 360 g/mol. The summed E-state index contributed by atoms with van der Waals surface area (Å²) in [5.41, 5.74) is 3.15. The van der Waals surface area contributed by atoms with Gasteiger partial charge in [-0.25, -0.2) is 4.98 Å². The lowest BCUT2D eigenvalue weighted by molar-refractivity contribution is -0.115. The number of para-hydroxylation sites is 3. The predicted molar refractivity (Wildman–Crippen MR) is 104 cm³/mol. The maximum Gasteiger partial charge on any atom is 0.257 e. The number of carbonyl (C=O) groups is 1. The monoisotopic (exact) mass is 360 g/mol. The fraction of sp³-hybridized carbons (Fsp3) is 0.0476. The van der Waals surface area contributed by atoms with E-state index >= 15 is 0 Å². The fourth-order valence-electron chi connectivity index (χ4n) is 2.63. The number of fused-ring (bicyclic) bond motifs is 1. The molecule has 0 spiro atoms. The molecule has 1 heterocycles. The van der Waals surface area contributed by atoms with Gasteiger partial charge in [-0.2, -0.15) is 0 Å². The molecule has 0 aliphatic carbocycles. The summed E-state index contributed by atoms with van der Waals surface area (Å²) >= 11 is 1.31. The lowest BCUT2D eigenvalue weighted by atomic mass is 10.1. The number of aromatic nitrogens is 1. The Hall–Kier alpha value is -3.05. The van der Waals surface area contributed by atoms with Gasteiger partial charge in [-0.3, -0.25) is 4.79 Å². The van der Waals surface area contributed by atoms with Gasteiger partial charge in [-0.15, -0.1) is 0 Å². The molecule has 1 amide bonds. The maximum absolute atomic E-state index is 12.9. The minimum atomic E-state index is -0.468. The number of oxazole rings is 1. The number of hydrogen-bond acceptors (Lipinski definition) is 4. The summed E-state index contributed by atoms with van der Waals surface area (Å²) in [5, 5.41) is 2.97. The first-order chi connectivity index (χ1) is 12.8. The standard InChI is InChI=1S/C21H16N2O2S/c24-20(22-16-11-5-2-6-12-16)19(15-9-3-1-4-10-15)26-21-23-17-13-7-8-14-18(17)25-21/h1-14,19H,(H,22,24). The van der Waals surface area contributed by atoms with Gasteiger partial charge in [0, 0.05) is 5.69 Å². The number of thioether (sulfide) groups is 1. The van der Waals surface area contributed by atoms with Crippen LogP contribution in [0.5, 0.6) is 0 Å². The molecule has 1 atom stereocenters. The Morgan fingerprint density at radius 1 is 0.885 bits per heavy atom. The molecule has 1 N–H and O–H groups in total. The number of anilines is 1. The first-order valence-corrected chi connectivity index (χ1v) is 9.11. The van der Waals surface area contributed by atoms with Crippen molar-refractivity contribution in [3.05, 3.63) is 90.5 Å². The minimum Gasteiger partial charge on any atom is -0.431 e. The number of rotatable bonds is 5. The van der Waals surface area contributed by atoms with E-state index in [2.05, 4.69) is 10.3 Å². The smallest absolute Gasteiger partial charge is 0.257 e. The molecule has 1 unspecified atom stereocenters. The average Bonchev–Trinajstić information content (AvgIpc) is 3.10. The molecule has 4 rings (SSSR count). The van der Waals surface area contributed by atoms with Gasteiger partial charge < -0.3 is 9.73 Å². The fourth-order valence-corrected chi connectivity index (χ4v) is 3.58. The SMILES string of the molecule is O=C(Nc1ccccc1)C(Sc1nc2ccccc2o1)c1ccccc1. The largest absolute Gasteiger partial charge is 0.431 e. The van der Waals surface area contributed by atoms with Gasteiger partial charge >= 0.3 is 0 Å². The van der Waals surface area contributed by atoms with Crippen molar-refractivity contribution >= 4 is 34.5 Å². The molecule has 1 aromatic heterocycles. The van der Waals surface area contributed by atoms with Crippen LogP contribution in [0.25, 0.3) is 11.1 Å². The number of benzene rings is 3. The highest BCUT2D eigenvalue weighted by atomic mass is 32.2. The van der Waals surface area contributed by atoms with E-state index in [1.807, 2.05) is 84.9 Å². The predicted octanol–water partition coefficient (Wildman–Crippen LogP) is 5.30. The first kappa shape index (κ1) is 16.4. The van der Waals surface area contributed by atoms with Gasteiger partial charge in [0.05, 0.1) is 0 Å². The van der Waals surface area contributed by atoms with Crippen LogP contribution >= 0.6 is 11.8 Å². The molecular formula is C21H16N2O2S. The summed E-state index contributed by atoms with van der Waals surface area (Å²) in [6, 6.07) is 26.6. The molecule has 0 aliphatic rings. The van der Waals surface area contributed by atoms with Crippen molar-refractivity contribution in [3.63, 3.8) is 0 Å². The van der Waals surface area contributed by atoms with Gasteiger partial charge in [-0.1, -0.05) is 60.7 Å². The third-order valence-electron chi connectivity index (χ3n) is 3.87. The van der Waals surface area contributed by atoms with Gasteiger partial charge in [0.1, 0.15) is 10.8 Å². The van der Waals surface area contributed by atoms with Gasteiger partial charge in [-0.05, 0) is 41.6 Å².